The third-order valence-electron chi connectivity index (χ3n) is 3.19. The van der Waals surface area contributed by atoms with Gasteiger partial charge in [0.05, 0.1) is 31.0 Å². The van der Waals surface area contributed by atoms with Crippen LogP contribution < -0.4 is 19.6 Å². The summed E-state index contributed by atoms with van der Waals surface area (Å²) in [6.45, 7) is 1.28. The SMILES string of the molecule is COc1cc(/C=N\Nc2cccc([N+](=O)[O-])c2)cc(OC)c1OC(C)=O. The maximum Gasteiger partial charge on any atom is 0.308 e. The van der Waals surface area contributed by atoms with E-state index >= 15 is 0 Å². The van der Waals surface area contributed by atoms with Crippen molar-refractivity contribution in [1.82, 2.24) is 0 Å². The van der Waals surface area contributed by atoms with Gasteiger partial charge in [-0.1, -0.05) is 6.07 Å². The zero-order valence-corrected chi connectivity index (χ0v) is 14.4. The number of rotatable bonds is 7. The fourth-order valence-electron chi connectivity index (χ4n) is 2.09. The van der Waals surface area contributed by atoms with Gasteiger partial charge in [-0.2, -0.15) is 5.10 Å². The second kappa shape index (κ2) is 8.47. The lowest BCUT2D eigenvalue weighted by Gasteiger charge is -2.13. The first-order chi connectivity index (χ1) is 12.4. The molecule has 0 bridgehead atoms. The zero-order chi connectivity index (χ0) is 19.1. The van der Waals surface area contributed by atoms with E-state index in [1.54, 1.807) is 24.3 Å². The molecule has 0 unspecified atom stereocenters. The van der Waals surface area contributed by atoms with Crippen LogP contribution >= 0.6 is 0 Å². The smallest absolute Gasteiger partial charge is 0.308 e. The molecule has 0 saturated heterocycles. The highest BCUT2D eigenvalue weighted by Gasteiger charge is 2.15. The second-order valence-electron chi connectivity index (χ2n) is 5.03. The Morgan fingerprint density at radius 3 is 2.38 bits per heavy atom. The lowest BCUT2D eigenvalue weighted by Crippen LogP contribution is -2.05. The summed E-state index contributed by atoms with van der Waals surface area (Å²) in [5.41, 5.74) is 3.73. The maximum atomic E-state index is 11.2. The molecule has 2 rings (SSSR count). The Balaban J connectivity index is 2.23. The van der Waals surface area contributed by atoms with E-state index in [-0.39, 0.29) is 11.4 Å². The second-order valence-corrected chi connectivity index (χ2v) is 5.03. The Morgan fingerprint density at radius 1 is 1.19 bits per heavy atom. The van der Waals surface area contributed by atoms with E-state index in [1.165, 1.54) is 39.5 Å². The molecule has 0 fully saturated rings. The van der Waals surface area contributed by atoms with E-state index in [0.29, 0.717) is 22.7 Å². The number of nitro groups is 1. The molecule has 0 aliphatic rings. The molecule has 0 amide bonds. The molecular formula is C17H17N3O6. The molecule has 0 aliphatic carbocycles. The minimum Gasteiger partial charge on any atom is -0.493 e. The van der Waals surface area contributed by atoms with E-state index in [2.05, 4.69) is 10.5 Å². The van der Waals surface area contributed by atoms with Gasteiger partial charge < -0.3 is 14.2 Å². The monoisotopic (exact) mass is 359 g/mol. The number of carbonyl (C=O) groups is 1. The van der Waals surface area contributed by atoms with Crippen molar-refractivity contribution in [3.63, 3.8) is 0 Å². The van der Waals surface area contributed by atoms with Gasteiger partial charge in [0.25, 0.3) is 5.69 Å². The summed E-state index contributed by atoms with van der Waals surface area (Å²) in [6, 6.07) is 9.17. The minimum absolute atomic E-state index is 0.0423. The molecule has 2 aromatic rings. The Labute approximate surface area is 149 Å². The molecule has 0 radical (unpaired) electrons. The number of hydrogen-bond acceptors (Lipinski definition) is 8. The largest absolute Gasteiger partial charge is 0.493 e. The molecule has 9 heteroatoms. The van der Waals surface area contributed by atoms with E-state index < -0.39 is 10.9 Å². The Bertz CT molecular complexity index is 825. The lowest BCUT2D eigenvalue weighted by molar-refractivity contribution is -0.384. The third kappa shape index (κ3) is 4.69. The topological polar surface area (TPSA) is 112 Å². The summed E-state index contributed by atoms with van der Waals surface area (Å²) in [4.78, 5) is 21.5. The van der Waals surface area contributed by atoms with Crippen LogP contribution in [0.15, 0.2) is 41.5 Å². The first-order valence-electron chi connectivity index (χ1n) is 7.42. The molecule has 2 aromatic carbocycles. The van der Waals surface area contributed by atoms with Gasteiger partial charge in [-0.05, 0) is 18.2 Å². The van der Waals surface area contributed by atoms with Crippen LogP contribution in [0.5, 0.6) is 17.2 Å². The Hall–Kier alpha value is -3.62. The summed E-state index contributed by atoms with van der Waals surface area (Å²) < 4.78 is 15.6. The standard InChI is InChI=1S/C17H17N3O6/c1-11(21)26-17-15(24-2)7-12(8-16(17)25-3)10-18-19-13-5-4-6-14(9-13)20(22)23/h4-10,19H,1-3H3/b18-10-. The van der Waals surface area contributed by atoms with Crippen molar-refractivity contribution < 1.29 is 23.9 Å². The van der Waals surface area contributed by atoms with Crippen LogP contribution in [-0.2, 0) is 4.79 Å². The molecule has 136 valence electrons. The summed E-state index contributed by atoms with van der Waals surface area (Å²) in [5.74, 6) is 0.273. The van der Waals surface area contributed by atoms with Crippen LogP contribution in [0.2, 0.25) is 0 Å². The van der Waals surface area contributed by atoms with Crippen molar-refractivity contribution in [3.8, 4) is 17.2 Å². The predicted molar refractivity (Wildman–Crippen MR) is 95.2 cm³/mol. The summed E-state index contributed by atoms with van der Waals surface area (Å²) in [6.07, 6.45) is 1.47. The van der Waals surface area contributed by atoms with E-state index in [9.17, 15) is 14.9 Å². The average molecular weight is 359 g/mol. The van der Waals surface area contributed by atoms with Gasteiger partial charge >= 0.3 is 5.97 Å². The van der Waals surface area contributed by atoms with Crippen molar-refractivity contribution in [1.29, 1.82) is 0 Å². The molecule has 0 saturated carbocycles. The first-order valence-corrected chi connectivity index (χ1v) is 7.42. The van der Waals surface area contributed by atoms with E-state index in [4.69, 9.17) is 14.2 Å². The number of nitrogens with zero attached hydrogens (tertiary/aromatic N) is 2. The van der Waals surface area contributed by atoms with Crippen LogP contribution in [0.4, 0.5) is 11.4 Å². The fourth-order valence-corrected chi connectivity index (χ4v) is 2.09. The van der Waals surface area contributed by atoms with Crippen molar-refractivity contribution in [2.45, 2.75) is 6.92 Å². The molecule has 1 N–H and O–H groups in total. The number of non-ortho nitro benzene ring substituents is 1. The molecule has 0 aliphatic heterocycles. The minimum atomic E-state index is -0.504. The van der Waals surface area contributed by atoms with Gasteiger partial charge in [0.2, 0.25) is 5.75 Å². The van der Waals surface area contributed by atoms with Crippen molar-refractivity contribution in [2.24, 2.45) is 5.10 Å². The lowest BCUT2D eigenvalue weighted by atomic mass is 10.2. The molecule has 0 spiro atoms. The van der Waals surface area contributed by atoms with Gasteiger partial charge in [0, 0.05) is 24.6 Å². The highest BCUT2D eigenvalue weighted by molar-refractivity contribution is 5.84. The molecule has 26 heavy (non-hydrogen) atoms. The number of anilines is 1. The van der Waals surface area contributed by atoms with Crippen LogP contribution in [0.1, 0.15) is 12.5 Å². The molecular weight excluding hydrogens is 342 g/mol. The van der Waals surface area contributed by atoms with Crippen LogP contribution in [0.3, 0.4) is 0 Å². The fraction of sp³-hybridized carbons (Fsp3) is 0.176. The first kappa shape index (κ1) is 18.7. The van der Waals surface area contributed by atoms with Gasteiger partial charge in [-0.3, -0.25) is 20.3 Å². The van der Waals surface area contributed by atoms with Gasteiger partial charge in [-0.25, -0.2) is 0 Å². The van der Waals surface area contributed by atoms with Crippen molar-refractivity contribution in [3.05, 3.63) is 52.1 Å². The van der Waals surface area contributed by atoms with E-state index in [1.807, 2.05) is 0 Å². The number of carbonyl (C=O) groups excluding carboxylic acids is 1. The van der Waals surface area contributed by atoms with Crippen molar-refractivity contribution >= 4 is 23.6 Å². The number of esters is 1. The van der Waals surface area contributed by atoms with Gasteiger partial charge in [-0.15, -0.1) is 0 Å². The number of methoxy groups -OCH3 is 2. The normalized spacial score (nSPS) is 10.4. The van der Waals surface area contributed by atoms with Crippen LogP contribution in [0, 0.1) is 10.1 Å². The van der Waals surface area contributed by atoms with Gasteiger partial charge in [0.15, 0.2) is 11.5 Å². The third-order valence-corrected chi connectivity index (χ3v) is 3.19. The van der Waals surface area contributed by atoms with Crippen molar-refractivity contribution in [2.75, 3.05) is 19.6 Å². The zero-order valence-electron chi connectivity index (χ0n) is 14.4. The Morgan fingerprint density at radius 2 is 1.85 bits per heavy atom. The Kier molecular flexibility index (Phi) is 6.10. The highest BCUT2D eigenvalue weighted by Crippen LogP contribution is 2.38. The summed E-state index contributed by atoms with van der Waals surface area (Å²) in [7, 11) is 2.87. The van der Waals surface area contributed by atoms with E-state index in [0.717, 1.165) is 0 Å². The molecule has 0 atom stereocenters. The summed E-state index contributed by atoms with van der Waals surface area (Å²) in [5, 5.41) is 14.8. The van der Waals surface area contributed by atoms with Crippen LogP contribution in [0.25, 0.3) is 0 Å². The summed E-state index contributed by atoms with van der Waals surface area (Å²) >= 11 is 0. The number of hydrazone groups is 1. The maximum absolute atomic E-state index is 11.2. The number of nitrogens with one attached hydrogen (secondary N) is 1. The quantitative estimate of drug-likeness (QED) is 0.266. The molecule has 9 nitrogen and oxygen atoms in total. The number of nitro benzene ring substituents is 1. The van der Waals surface area contributed by atoms with Crippen LogP contribution in [-0.4, -0.2) is 31.3 Å². The number of ether oxygens (including phenoxy) is 3. The number of benzene rings is 2. The average Bonchev–Trinajstić information content (AvgIpc) is 2.62. The van der Waals surface area contributed by atoms with Gasteiger partial charge in [0.1, 0.15) is 0 Å². The highest BCUT2D eigenvalue weighted by atomic mass is 16.6. The predicted octanol–water partition coefficient (Wildman–Crippen LogP) is 2.98. The number of hydrogen-bond donors (Lipinski definition) is 1. The molecule has 0 heterocycles. The molecule has 0 aromatic heterocycles.